The monoisotopic (exact) mass is 246 g/mol. The zero-order chi connectivity index (χ0) is 12.8. The van der Waals surface area contributed by atoms with E-state index in [9.17, 15) is 0 Å². The van der Waals surface area contributed by atoms with Crippen LogP contribution >= 0.6 is 0 Å². The highest BCUT2D eigenvalue weighted by atomic mass is 16.5. The van der Waals surface area contributed by atoms with Gasteiger partial charge in [0.15, 0.2) is 5.76 Å². The van der Waals surface area contributed by atoms with Gasteiger partial charge in [0.25, 0.3) is 0 Å². The number of nitrogens with two attached hydrogens (primary N) is 1. The summed E-state index contributed by atoms with van der Waals surface area (Å²) in [7, 11) is 2.06. The maximum absolute atomic E-state index is 5.49. The average Bonchev–Trinajstić information content (AvgIpc) is 2.85. The van der Waals surface area contributed by atoms with Gasteiger partial charge in [-0.25, -0.2) is 0 Å². The summed E-state index contributed by atoms with van der Waals surface area (Å²) in [5.41, 5.74) is 7.57. The minimum absolute atomic E-state index is 0.421. The lowest BCUT2D eigenvalue weighted by atomic mass is 10.2. The van der Waals surface area contributed by atoms with Gasteiger partial charge < -0.3 is 10.3 Å². The Balaban J connectivity index is 1.80. The van der Waals surface area contributed by atoms with Gasteiger partial charge in [0.1, 0.15) is 0 Å². The summed E-state index contributed by atoms with van der Waals surface area (Å²) in [6.07, 6.45) is 4.63. The quantitative estimate of drug-likeness (QED) is 0.829. The molecule has 2 N–H and O–H groups in total. The van der Waals surface area contributed by atoms with Gasteiger partial charge in [0, 0.05) is 31.5 Å². The second-order valence-corrected chi connectivity index (χ2v) is 4.33. The molecule has 0 aliphatic heterocycles. The smallest absolute Gasteiger partial charge is 0.151 e. The van der Waals surface area contributed by atoms with Crippen LogP contribution in [0.15, 0.2) is 35.1 Å². The van der Waals surface area contributed by atoms with Gasteiger partial charge in [0.05, 0.1) is 12.2 Å². The van der Waals surface area contributed by atoms with Crippen LogP contribution in [0.1, 0.15) is 17.0 Å². The molecule has 0 aliphatic carbocycles. The van der Waals surface area contributed by atoms with Crippen molar-refractivity contribution in [3.63, 3.8) is 0 Å². The summed E-state index contributed by atoms with van der Waals surface area (Å²) < 4.78 is 5.20. The van der Waals surface area contributed by atoms with Crippen molar-refractivity contribution >= 4 is 0 Å². The van der Waals surface area contributed by atoms with Gasteiger partial charge >= 0.3 is 0 Å². The largest absolute Gasteiger partial charge is 0.360 e. The van der Waals surface area contributed by atoms with E-state index in [0.717, 1.165) is 31.0 Å². The number of hydrogen-bond acceptors (Lipinski definition) is 5. The Morgan fingerprint density at radius 1 is 1.33 bits per heavy atom. The third kappa shape index (κ3) is 3.65. The fraction of sp³-hybridized carbons (Fsp3) is 0.385. The van der Waals surface area contributed by atoms with Gasteiger partial charge in [-0.2, -0.15) is 0 Å². The number of rotatable bonds is 6. The molecular weight excluding hydrogens is 228 g/mol. The topological polar surface area (TPSA) is 68.2 Å². The van der Waals surface area contributed by atoms with E-state index in [1.807, 2.05) is 30.6 Å². The van der Waals surface area contributed by atoms with E-state index in [1.54, 1.807) is 0 Å². The van der Waals surface area contributed by atoms with Crippen molar-refractivity contribution in [2.45, 2.75) is 19.5 Å². The predicted octanol–water partition coefficient (Wildman–Crippen LogP) is 1.20. The van der Waals surface area contributed by atoms with Crippen LogP contribution in [0.25, 0.3) is 0 Å². The lowest BCUT2D eigenvalue weighted by molar-refractivity contribution is 0.274. The molecule has 5 nitrogen and oxygen atoms in total. The standard InChI is InChI=1S/C13H18N4O/c1-17(7-4-11-2-5-15-6-3-11)10-13-8-12(9-14)16-18-13/h2-3,5-6,8H,4,7,9-10,14H2,1H3. The average molecular weight is 246 g/mol. The molecule has 0 spiro atoms. The van der Waals surface area contributed by atoms with Crippen molar-refractivity contribution in [2.75, 3.05) is 13.6 Å². The summed E-state index contributed by atoms with van der Waals surface area (Å²) in [5, 5.41) is 3.87. The zero-order valence-electron chi connectivity index (χ0n) is 10.5. The van der Waals surface area contributed by atoms with Crippen molar-refractivity contribution in [1.29, 1.82) is 0 Å². The molecule has 5 heteroatoms. The zero-order valence-corrected chi connectivity index (χ0v) is 10.5. The Morgan fingerprint density at radius 3 is 2.78 bits per heavy atom. The molecule has 2 heterocycles. The van der Waals surface area contributed by atoms with Crippen molar-refractivity contribution in [3.05, 3.63) is 47.6 Å². The van der Waals surface area contributed by atoms with Gasteiger partial charge in [-0.3, -0.25) is 9.88 Å². The fourth-order valence-electron chi connectivity index (χ4n) is 1.74. The summed E-state index contributed by atoms with van der Waals surface area (Å²) >= 11 is 0. The van der Waals surface area contributed by atoms with Crippen LogP contribution in [-0.4, -0.2) is 28.6 Å². The molecule has 0 aromatic carbocycles. The van der Waals surface area contributed by atoms with Crippen LogP contribution in [0.4, 0.5) is 0 Å². The van der Waals surface area contributed by atoms with Crippen LogP contribution in [-0.2, 0) is 19.5 Å². The maximum atomic E-state index is 5.49. The van der Waals surface area contributed by atoms with Crippen LogP contribution in [0.3, 0.4) is 0 Å². The maximum Gasteiger partial charge on any atom is 0.151 e. The third-order valence-electron chi connectivity index (χ3n) is 2.77. The molecule has 2 aromatic heterocycles. The molecular formula is C13H18N4O. The van der Waals surface area contributed by atoms with Gasteiger partial charge in [-0.05, 0) is 31.2 Å². The summed E-state index contributed by atoms with van der Waals surface area (Å²) in [5.74, 6) is 0.854. The van der Waals surface area contributed by atoms with Gasteiger partial charge in [-0.1, -0.05) is 5.16 Å². The molecule has 96 valence electrons. The number of nitrogens with zero attached hydrogens (tertiary/aromatic N) is 3. The first-order valence-corrected chi connectivity index (χ1v) is 6.00. The van der Waals surface area contributed by atoms with E-state index >= 15 is 0 Å². The normalized spacial score (nSPS) is 11.1. The van der Waals surface area contributed by atoms with Crippen molar-refractivity contribution in [2.24, 2.45) is 5.73 Å². The molecule has 0 amide bonds. The Bertz CT molecular complexity index is 469. The number of pyridine rings is 1. The first-order valence-electron chi connectivity index (χ1n) is 6.00. The number of hydrogen-bond donors (Lipinski definition) is 1. The van der Waals surface area contributed by atoms with E-state index in [4.69, 9.17) is 10.3 Å². The SMILES string of the molecule is CN(CCc1ccncc1)Cc1cc(CN)no1. The lowest BCUT2D eigenvalue weighted by Crippen LogP contribution is -2.20. The molecule has 0 atom stereocenters. The second-order valence-electron chi connectivity index (χ2n) is 4.33. The first kappa shape index (κ1) is 12.7. The second kappa shape index (κ2) is 6.28. The van der Waals surface area contributed by atoms with Crippen LogP contribution in [0, 0.1) is 0 Å². The minimum Gasteiger partial charge on any atom is -0.360 e. The van der Waals surface area contributed by atoms with E-state index in [-0.39, 0.29) is 0 Å². The van der Waals surface area contributed by atoms with E-state index < -0.39 is 0 Å². The number of likely N-dealkylation sites (N-methyl/N-ethyl adjacent to an activating group) is 1. The van der Waals surface area contributed by atoms with Crippen molar-refractivity contribution < 1.29 is 4.52 Å². The molecule has 0 saturated heterocycles. The van der Waals surface area contributed by atoms with Crippen LogP contribution in [0.5, 0.6) is 0 Å². The molecule has 0 fully saturated rings. The van der Waals surface area contributed by atoms with E-state index in [2.05, 4.69) is 22.1 Å². The third-order valence-corrected chi connectivity index (χ3v) is 2.77. The van der Waals surface area contributed by atoms with E-state index in [1.165, 1.54) is 5.56 Å². The van der Waals surface area contributed by atoms with Crippen molar-refractivity contribution in [1.82, 2.24) is 15.0 Å². The van der Waals surface area contributed by atoms with Crippen molar-refractivity contribution in [3.8, 4) is 0 Å². The summed E-state index contributed by atoms with van der Waals surface area (Å²) in [6.45, 7) is 2.13. The highest BCUT2D eigenvalue weighted by Crippen LogP contribution is 2.07. The van der Waals surface area contributed by atoms with E-state index in [0.29, 0.717) is 6.54 Å². The summed E-state index contributed by atoms with van der Waals surface area (Å²) in [6, 6.07) is 5.98. The fourth-order valence-corrected chi connectivity index (χ4v) is 1.74. The Hall–Kier alpha value is -1.72. The Morgan fingerprint density at radius 2 is 2.11 bits per heavy atom. The summed E-state index contributed by atoms with van der Waals surface area (Å²) in [4.78, 5) is 6.20. The predicted molar refractivity (Wildman–Crippen MR) is 68.7 cm³/mol. The minimum atomic E-state index is 0.421. The Kier molecular flexibility index (Phi) is 4.44. The highest BCUT2D eigenvalue weighted by Gasteiger charge is 2.06. The molecule has 2 aromatic rings. The molecule has 0 aliphatic rings. The number of aromatic nitrogens is 2. The molecule has 0 unspecified atom stereocenters. The Labute approximate surface area is 107 Å². The molecule has 0 saturated carbocycles. The molecule has 18 heavy (non-hydrogen) atoms. The highest BCUT2D eigenvalue weighted by molar-refractivity contribution is 5.10. The van der Waals surface area contributed by atoms with Crippen LogP contribution in [0.2, 0.25) is 0 Å². The lowest BCUT2D eigenvalue weighted by Gasteiger charge is -2.14. The van der Waals surface area contributed by atoms with Crippen LogP contribution < -0.4 is 5.73 Å². The van der Waals surface area contributed by atoms with Gasteiger partial charge in [0.2, 0.25) is 0 Å². The molecule has 2 rings (SSSR count). The van der Waals surface area contributed by atoms with Gasteiger partial charge in [-0.15, -0.1) is 0 Å². The molecule has 0 radical (unpaired) electrons. The first-order chi connectivity index (χ1) is 8.78. The molecule has 0 bridgehead atoms.